The largest absolute Gasteiger partial charge is 0.481 e. The normalized spacial score (nSPS) is 17.2. The van der Waals surface area contributed by atoms with Gasteiger partial charge in [0, 0.05) is 84.0 Å². The number of carboxylic acid groups (broad SMARTS) is 2. The number of fused-ring (bicyclic) bond motifs is 2. The minimum absolute atomic E-state index is 0.00880. The molecule has 8 rings (SSSR count). The molecule has 2 aromatic heterocycles. The Kier molecular flexibility index (Phi) is 14.6. The number of ether oxygens (including phenoxy) is 2. The summed E-state index contributed by atoms with van der Waals surface area (Å²) in [7, 11) is 0. The van der Waals surface area contributed by atoms with Crippen molar-refractivity contribution in [1.29, 1.82) is 0 Å². The van der Waals surface area contributed by atoms with Crippen LogP contribution in [0.4, 0.5) is 4.39 Å². The molecule has 2 aliphatic heterocycles. The summed E-state index contributed by atoms with van der Waals surface area (Å²) >= 11 is 12.6. The lowest BCUT2D eigenvalue weighted by Crippen LogP contribution is -2.47. The van der Waals surface area contributed by atoms with E-state index in [1.54, 1.807) is 54.2 Å². The van der Waals surface area contributed by atoms with Crippen molar-refractivity contribution >= 4 is 68.8 Å². The molecule has 332 valence electrons. The second-order valence-electron chi connectivity index (χ2n) is 16.1. The fourth-order valence-electron chi connectivity index (χ4n) is 8.34. The van der Waals surface area contributed by atoms with Crippen molar-refractivity contribution in [3.8, 4) is 33.8 Å². The molecule has 64 heavy (non-hydrogen) atoms. The summed E-state index contributed by atoms with van der Waals surface area (Å²) in [6.07, 6.45) is 4.87. The van der Waals surface area contributed by atoms with Gasteiger partial charge in [-0.1, -0.05) is 41.4 Å². The molecule has 12 nitrogen and oxygen atoms in total. The maximum absolute atomic E-state index is 13.4. The summed E-state index contributed by atoms with van der Waals surface area (Å²) < 4.78 is 25.3. The van der Waals surface area contributed by atoms with Crippen molar-refractivity contribution in [2.24, 2.45) is 11.8 Å². The summed E-state index contributed by atoms with van der Waals surface area (Å²) in [5.41, 5.74) is 4.80. The number of rotatable bonds is 11. The maximum Gasteiger partial charge on any atom is 0.308 e. The molecular weight excluding hydrogens is 862 g/mol. The number of piperidine rings is 2. The summed E-state index contributed by atoms with van der Waals surface area (Å²) in [5, 5.41) is 21.0. The van der Waals surface area contributed by atoms with E-state index >= 15 is 0 Å². The molecule has 0 saturated carbocycles. The number of nitrogens with zero attached hydrogens (tertiary/aromatic N) is 4. The quantitative estimate of drug-likeness (QED) is 0.128. The zero-order valence-corrected chi connectivity index (χ0v) is 36.8. The average molecular weight is 910 g/mol. The van der Waals surface area contributed by atoms with Gasteiger partial charge in [0.1, 0.15) is 17.3 Å². The highest BCUT2D eigenvalue weighted by molar-refractivity contribution is 6.34. The van der Waals surface area contributed by atoms with E-state index < -0.39 is 35.9 Å². The number of likely N-dealkylation sites (tertiary alicyclic amines) is 2. The molecule has 4 aromatic carbocycles. The number of halogens is 3. The van der Waals surface area contributed by atoms with Gasteiger partial charge in [0.2, 0.25) is 0 Å². The van der Waals surface area contributed by atoms with Gasteiger partial charge in [-0.05, 0) is 117 Å². The van der Waals surface area contributed by atoms with Crippen molar-refractivity contribution in [2.75, 3.05) is 26.2 Å². The zero-order valence-electron chi connectivity index (χ0n) is 35.3. The highest BCUT2D eigenvalue weighted by Crippen LogP contribution is 2.36. The van der Waals surface area contributed by atoms with Crippen LogP contribution in [0, 0.1) is 17.7 Å². The fourth-order valence-corrected chi connectivity index (χ4v) is 8.85. The van der Waals surface area contributed by atoms with Gasteiger partial charge in [-0.15, -0.1) is 0 Å². The molecule has 0 bridgehead atoms. The second-order valence-corrected chi connectivity index (χ2v) is 16.9. The Morgan fingerprint density at radius 1 is 0.688 bits per heavy atom. The van der Waals surface area contributed by atoms with E-state index in [1.807, 2.05) is 60.7 Å². The third-order valence-corrected chi connectivity index (χ3v) is 12.2. The lowest BCUT2D eigenvalue weighted by atomic mass is 9.94. The van der Waals surface area contributed by atoms with Gasteiger partial charge < -0.3 is 29.5 Å². The van der Waals surface area contributed by atoms with Crippen LogP contribution >= 0.6 is 23.2 Å². The van der Waals surface area contributed by atoms with E-state index in [0.717, 1.165) is 45.8 Å². The molecule has 4 atom stereocenters. The van der Waals surface area contributed by atoms with Crippen LogP contribution in [0.3, 0.4) is 0 Å². The Morgan fingerprint density at radius 3 is 1.78 bits per heavy atom. The van der Waals surface area contributed by atoms with Gasteiger partial charge in [-0.25, -0.2) is 4.39 Å². The molecule has 2 saturated heterocycles. The zero-order chi connectivity index (χ0) is 45.5. The predicted molar refractivity (Wildman–Crippen MR) is 243 cm³/mol. The lowest BCUT2D eigenvalue weighted by Gasteiger charge is -2.33. The van der Waals surface area contributed by atoms with Gasteiger partial charge in [-0.3, -0.25) is 29.1 Å². The third kappa shape index (κ3) is 10.9. The molecule has 2 fully saturated rings. The molecular formula is C49H47Cl2FN4O8. The van der Waals surface area contributed by atoms with Crippen LogP contribution in [-0.4, -0.2) is 92.1 Å². The molecule has 2 amide bonds. The number of carbonyl (C=O) groups is 4. The van der Waals surface area contributed by atoms with Crippen molar-refractivity contribution in [1.82, 2.24) is 19.8 Å². The number of hydrogen-bond donors (Lipinski definition) is 2. The molecule has 15 heteroatoms. The fraction of sp³-hybridized carbons (Fsp3) is 0.306. The second kappa shape index (κ2) is 20.5. The molecule has 2 aliphatic rings. The first-order valence-corrected chi connectivity index (χ1v) is 21.8. The Balaban J connectivity index is 0.000000191. The smallest absolute Gasteiger partial charge is 0.308 e. The van der Waals surface area contributed by atoms with Gasteiger partial charge in [0.25, 0.3) is 11.8 Å². The first-order valence-electron chi connectivity index (χ1n) is 21.1. The summed E-state index contributed by atoms with van der Waals surface area (Å²) in [6.45, 7) is 5.18. The SMILES string of the molecule is C[C@@H](Oc1ccc2c(-c3ccc(F)cc3Cl)ccnc2c1)C(=O)N1CCC[C@@H](C(=O)O)C1.C[C@@H](Oc1ccc2c(-c3ccccc3Cl)ccnc2c1)C(=O)N1CCC[C@H](CC(=O)O)C1. The number of benzene rings is 4. The van der Waals surface area contributed by atoms with Crippen LogP contribution in [0.1, 0.15) is 46.0 Å². The molecule has 2 N–H and O–H groups in total. The Morgan fingerprint density at radius 2 is 1.23 bits per heavy atom. The third-order valence-electron chi connectivity index (χ3n) is 11.5. The minimum atomic E-state index is -0.881. The number of pyridine rings is 2. The minimum Gasteiger partial charge on any atom is -0.481 e. The summed E-state index contributed by atoms with van der Waals surface area (Å²) in [4.78, 5) is 60.1. The summed E-state index contributed by atoms with van der Waals surface area (Å²) in [5.74, 6) is -2.00. The number of amides is 2. The first kappa shape index (κ1) is 45.7. The standard InChI is InChI=1S/C25H25ClN2O4.C24H22ClFN2O4/c1-16(25(31)28-12-4-5-17(15-28)13-24(29)30)32-18-8-9-21-19(10-11-27-23(21)14-18)20-6-2-3-7-22(20)26;1-14(23(29)28-10-2-3-15(13-28)24(30)31)32-17-5-7-20-18(8-9-27-22(20)12-17)19-6-4-16(26)11-21(19)25/h2-3,6-11,14,16-17H,4-5,12-13,15H2,1H3,(H,29,30);4-9,11-12,14-15H,2-3,10,13H2,1H3,(H,30,31)/t16-,17-;14-,15-/m11/s1. The van der Waals surface area contributed by atoms with Crippen LogP contribution in [0.5, 0.6) is 11.5 Å². The van der Waals surface area contributed by atoms with Crippen molar-refractivity contribution in [2.45, 2.75) is 58.2 Å². The maximum atomic E-state index is 13.4. The van der Waals surface area contributed by atoms with Crippen LogP contribution in [0.25, 0.3) is 44.1 Å². The molecule has 6 aromatic rings. The van der Waals surface area contributed by atoms with Crippen molar-refractivity contribution in [3.05, 3.63) is 119 Å². The summed E-state index contributed by atoms with van der Waals surface area (Å²) in [6, 6.07) is 26.5. The monoisotopic (exact) mass is 908 g/mol. The topological polar surface area (TPSA) is 159 Å². The van der Waals surface area contributed by atoms with Crippen molar-refractivity contribution < 1.29 is 43.3 Å². The van der Waals surface area contributed by atoms with Gasteiger partial charge >= 0.3 is 11.9 Å². The van der Waals surface area contributed by atoms with E-state index in [2.05, 4.69) is 9.97 Å². The number of hydrogen-bond acceptors (Lipinski definition) is 8. The van der Waals surface area contributed by atoms with E-state index in [9.17, 15) is 28.7 Å². The average Bonchev–Trinajstić information content (AvgIpc) is 3.28. The molecule has 0 radical (unpaired) electrons. The van der Waals surface area contributed by atoms with E-state index in [-0.39, 0.29) is 30.7 Å². The van der Waals surface area contributed by atoms with Crippen LogP contribution in [0.2, 0.25) is 10.0 Å². The number of aliphatic carboxylic acids is 2. The Hall–Kier alpha value is -6.31. The van der Waals surface area contributed by atoms with Crippen LogP contribution in [0.15, 0.2) is 103 Å². The molecule has 0 spiro atoms. The first-order chi connectivity index (χ1) is 30.7. The van der Waals surface area contributed by atoms with Crippen LogP contribution in [-0.2, 0) is 19.2 Å². The molecule has 0 aliphatic carbocycles. The van der Waals surface area contributed by atoms with Gasteiger partial charge in [-0.2, -0.15) is 0 Å². The number of aromatic nitrogens is 2. The Bertz CT molecular complexity index is 2700. The van der Waals surface area contributed by atoms with Gasteiger partial charge in [0.05, 0.1) is 22.0 Å². The van der Waals surface area contributed by atoms with E-state index in [4.69, 9.17) is 37.8 Å². The molecule has 0 unspecified atom stereocenters. The van der Waals surface area contributed by atoms with Crippen LogP contribution < -0.4 is 9.47 Å². The predicted octanol–water partition coefficient (Wildman–Crippen LogP) is 9.82. The van der Waals surface area contributed by atoms with Crippen molar-refractivity contribution in [3.63, 3.8) is 0 Å². The number of carboxylic acids is 2. The highest BCUT2D eigenvalue weighted by atomic mass is 35.5. The van der Waals surface area contributed by atoms with E-state index in [1.165, 1.54) is 12.1 Å². The van der Waals surface area contributed by atoms with E-state index in [0.29, 0.717) is 65.1 Å². The lowest BCUT2D eigenvalue weighted by molar-refractivity contribution is -0.147. The number of carbonyl (C=O) groups excluding carboxylic acids is 2. The van der Waals surface area contributed by atoms with Gasteiger partial charge in [0.15, 0.2) is 12.2 Å². The molecule has 4 heterocycles. The highest BCUT2D eigenvalue weighted by Gasteiger charge is 2.32. The Labute approximate surface area is 379 Å².